The second-order valence-electron chi connectivity index (χ2n) is 3.57. The minimum atomic E-state index is -0.0905. The first-order chi connectivity index (χ1) is 5.08. The van der Waals surface area contributed by atoms with Gasteiger partial charge in [0.15, 0.2) is 0 Å². The van der Waals surface area contributed by atoms with E-state index >= 15 is 0 Å². The van der Waals surface area contributed by atoms with Crippen molar-refractivity contribution in [1.82, 2.24) is 0 Å². The molecule has 0 saturated heterocycles. The van der Waals surface area contributed by atoms with Gasteiger partial charge in [-0.05, 0) is 32.4 Å². The monoisotopic (exact) mass is 153 g/mol. The molecule has 0 bridgehead atoms. The normalized spacial score (nSPS) is 11.9. The number of nitrogens with two attached hydrogens (primary N) is 1. The maximum Gasteiger partial charge on any atom is 0.103 e. The molecule has 1 rings (SSSR count). The van der Waals surface area contributed by atoms with E-state index in [1.54, 1.807) is 6.26 Å². The zero-order valence-electron chi connectivity index (χ0n) is 7.13. The maximum absolute atomic E-state index is 5.81. The van der Waals surface area contributed by atoms with Gasteiger partial charge in [0.25, 0.3) is 0 Å². The summed E-state index contributed by atoms with van der Waals surface area (Å²) in [7, 11) is 0. The van der Waals surface area contributed by atoms with E-state index in [0.717, 1.165) is 18.6 Å². The van der Waals surface area contributed by atoms with Gasteiger partial charge in [0.2, 0.25) is 0 Å². The van der Waals surface area contributed by atoms with E-state index in [2.05, 4.69) is 0 Å². The third kappa shape index (κ3) is 3.23. The van der Waals surface area contributed by atoms with Crippen LogP contribution in [0.4, 0.5) is 0 Å². The maximum atomic E-state index is 5.81. The van der Waals surface area contributed by atoms with Crippen LogP contribution in [-0.4, -0.2) is 5.54 Å². The summed E-state index contributed by atoms with van der Waals surface area (Å²) in [4.78, 5) is 0. The van der Waals surface area contributed by atoms with Gasteiger partial charge in [0, 0.05) is 12.0 Å². The minimum Gasteiger partial charge on any atom is -0.469 e. The average molecular weight is 153 g/mol. The lowest BCUT2D eigenvalue weighted by molar-refractivity contribution is 0.433. The Labute approximate surface area is 67.4 Å². The largest absolute Gasteiger partial charge is 0.469 e. The molecule has 1 aromatic heterocycles. The summed E-state index contributed by atoms with van der Waals surface area (Å²) in [5.41, 5.74) is 5.72. The molecule has 0 radical (unpaired) electrons. The predicted molar refractivity (Wildman–Crippen MR) is 45.3 cm³/mol. The molecule has 2 N–H and O–H groups in total. The molecule has 0 unspecified atom stereocenters. The summed E-state index contributed by atoms with van der Waals surface area (Å²) in [6.07, 6.45) is 3.58. The van der Waals surface area contributed by atoms with Crippen LogP contribution < -0.4 is 5.73 Å². The van der Waals surface area contributed by atoms with Crippen molar-refractivity contribution < 1.29 is 4.42 Å². The van der Waals surface area contributed by atoms with Crippen molar-refractivity contribution in [3.63, 3.8) is 0 Å². The van der Waals surface area contributed by atoms with E-state index in [1.807, 2.05) is 26.0 Å². The minimum absolute atomic E-state index is 0.0905. The highest BCUT2D eigenvalue weighted by Crippen LogP contribution is 2.10. The molecule has 0 aliphatic carbocycles. The molecule has 1 aromatic rings. The molecule has 1 heterocycles. The van der Waals surface area contributed by atoms with Gasteiger partial charge in [0.05, 0.1) is 6.26 Å². The van der Waals surface area contributed by atoms with Crippen LogP contribution in [0.5, 0.6) is 0 Å². The predicted octanol–water partition coefficient (Wildman–Crippen LogP) is 1.95. The summed E-state index contributed by atoms with van der Waals surface area (Å²) in [6, 6.07) is 3.88. The molecule has 0 aliphatic heterocycles. The van der Waals surface area contributed by atoms with Crippen LogP contribution in [0.2, 0.25) is 0 Å². The molecule has 11 heavy (non-hydrogen) atoms. The smallest absolute Gasteiger partial charge is 0.103 e. The van der Waals surface area contributed by atoms with Crippen molar-refractivity contribution in [1.29, 1.82) is 0 Å². The lowest BCUT2D eigenvalue weighted by Gasteiger charge is -2.16. The van der Waals surface area contributed by atoms with Crippen LogP contribution in [-0.2, 0) is 6.42 Å². The van der Waals surface area contributed by atoms with Gasteiger partial charge in [-0.3, -0.25) is 0 Å². The number of furan rings is 1. The van der Waals surface area contributed by atoms with Crippen LogP contribution in [0.3, 0.4) is 0 Å². The lowest BCUT2D eigenvalue weighted by atomic mass is 9.99. The molecule has 2 nitrogen and oxygen atoms in total. The Morgan fingerprint density at radius 1 is 1.55 bits per heavy atom. The number of hydrogen-bond donors (Lipinski definition) is 1. The summed E-state index contributed by atoms with van der Waals surface area (Å²) in [5.74, 6) is 1.02. The van der Waals surface area contributed by atoms with Crippen LogP contribution in [0.15, 0.2) is 22.8 Å². The highest BCUT2D eigenvalue weighted by atomic mass is 16.3. The van der Waals surface area contributed by atoms with E-state index in [-0.39, 0.29) is 5.54 Å². The van der Waals surface area contributed by atoms with Crippen LogP contribution in [0, 0.1) is 0 Å². The molecule has 0 fully saturated rings. The molecule has 0 saturated carbocycles. The van der Waals surface area contributed by atoms with Gasteiger partial charge in [-0.2, -0.15) is 0 Å². The SMILES string of the molecule is CC(C)(N)CCc1ccco1. The molecule has 0 aliphatic rings. The number of hydrogen-bond acceptors (Lipinski definition) is 2. The summed E-state index contributed by atoms with van der Waals surface area (Å²) in [6.45, 7) is 4.05. The molecule has 0 aromatic carbocycles. The molecule has 62 valence electrons. The Balaban J connectivity index is 2.35. The third-order valence-corrected chi connectivity index (χ3v) is 1.60. The van der Waals surface area contributed by atoms with E-state index in [0.29, 0.717) is 0 Å². The third-order valence-electron chi connectivity index (χ3n) is 1.60. The summed E-state index contributed by atoms with van der Waals surface area (Å²) in [5, 5.41) is 0. The molecular weight excluding hydrogens is 138 g/mol. The van der Waals surface area contributed by atoms with Crippen LogP contribution >= 0.6 is 0 Å². The Hall–Kier alpha value is -0.760. The van der Waals surface area contributed by atoms with Gasteiger partial charge in [0.1, 0.15) is 5.76 Å². The zero-order valence-corrected chi connectivity index (χ0v) is 7.13. The first kappa shape index (κ1) is 8.34. The van der Waals surface area contributed by atoms with Crippen molar-refractivity contribution in [2.24, 2.45) is 5.73 Å². The molecule has 2 heteroatoms. The zero-order chi connectivity index (χ0) is 8.32. The number of aryl methyl sites for hydroxylation is 1. The first-order valence-electron chi connectivity index (χ1n) is 3.89. The fourth-order valence-electron chi connectivity index (χ4n) is 0.900. The van der Waals surface area contributed by atoms with Crippen LogP contribution in [0.25, 0.3) is 0 Å². The van der Waals surface area contributed by atoms with Crippen molar-refractivity contribution >= 4 is 0 Å². The average Bonchev–Trinajstić information content (AvgIpc) is 2.32. The second-order valence-corrected chi connectivity index (χ2v) is 3.57. The van der Waals surface area contributed by atoms with E-state index in [1.165, 1.54) is 0 Å². The van der Waals surface area contributed by atoms with Crippen LogP contribution in [0.1, 0.15) is 26.0 Å². The topological polar surface area (TPSA) is 39.2 Å². The fraction of sp³-hybridized carbons (Fsp3) is 0.556. The first-order valence-corrected chi connectivity index (χ1v) is 3.89. The molecule has 0 atom stereocenters. The van der Waals surface area contributed by atoms with Gasteiger partial charge in [-0.15, -0.1) is 0 Å². The van der Waals surface area contributed by atoms with Gasteiger partial charge in [-0.25, -0.2) is 0 Å². The number of rotatable bonds is 3. The Bertz CT molecular complexity index is 196. The molecular formula is C9H15NO. The Morgan fingerprint density at radius 2 is 2.27 bits per heavy atom. The quantitative estimate of drug-likeness (QED) is 0.720. The van der Waals surface area contributed by atoms with Gasteiger partial charge in [-0.1, -0.05) is 0 Å². The fourth-order valence-corrected chi connectivity index (χ4v) is 0.900. The Morgan fingerprint density at radius 3 is 2.73 bits per heavy atom. The van der Waals surface area contributed by atoms with Crippen molar-refractivity contribution in [3.8, 4) is 0 Å². The van der Waals surface area contributed by atoms with Gasteiger partial charge < -0.3 is 10.2 Å². The highest BCUT2D eigenvalue weighted by molar-refractivity contribution is 4.99. The lowest BCUT2D eigenvalue weighted by Crippen LogP contribution is -2.32. The molecule has 0 spiro atoms. The van der Waals surface area contributed by atoms with E-state index < -0.39 is 0 Å². The van der Waals surface area contributed by atoms with Crippen molar-refractivity contribution in [2.75, 3.05) is 0 Å². The van der Waals surface area contributed by atoms with Crippen molar-refractivity contribution in [3.05, 3.63) is 24.2 Å². The second kappa shape index (κ2) is 3.09. The summed E-state index contributed by atoms with van der Waals surface area (Å²) >= 11 is 0. The van der Waals surface area contributed by atoms with Gasteiger partial charge >= 0.3 is 0 Å². The summed E-state index contributed by atoms with van der Waals surface area (Å²) < 4.78 is 5.17. The highest BCUT2D eigenvalue weighted by Gasteiger charge is 2.10. The van der Waals surface area contributed by atoms with Crippen molar-refractivity contribution in [2.45, 2.75) is 32.2 Å². The Kier molecular flexibility index (Phi) is 2.35. The van der Waals surface area contributed by atoms with E-state index in [9.17, 15) is 0 Å². The molecule has 0 amide bonds. The van der Waals surface area contributed by atoms with E-state index in [4.69, 9.17) is 10.2 Å². The standard InChI is InChI=1S/C9H15NO/c1-9(2,10)6-5-8-4-3-7-11-8/h3-4,7H,5-6,10H2,1-2H3.